The topological polar surface area (TPSA) is 77.9 Å². The van der Waals surface area contributed by atoms with Gasteiger partial charge < -0.3 is 9.47 Å². The molecule has 0 atom stereocenters. The fourth-order valence-electron chi connectivity index (χ4n) is 4.87. The summed E-state index contributed by atoms with van der Waals surface area (Å²) in [6.45, 7) is 0.600. The van der Waals surface area contributed by atoms with Gasteiger partial charge in [0.05, 0.1) is 32.5 Å². The van der Waals surface area contributed by atoms with E-state index < -0.39 is 0 Å². The zero-order valence-corrected chi connectivity index (χ0v) is 19.2. The van der Waals surface area contributed by atoms with E-state index in [9.17, 15) is 0 Å². The number of hydrogen-bond acceptors (Lipinski definition) is 5. The summed E-state index contributed by atoms with van der Waals surface area (Å²) in [6.07, 6.45) is 7.00. The van der Waals surface area contributed by atoms with Crippen LogP contribution in [0.3, 0.4) is 0 Å². The van der Waals surface area contributed by atoms with Gasteiger partial charge in [-0.15, -0.1) is 0 Å². The molecule has 34 heavy (non-hydrogen) atoms. The Labute approximate surface area is 197 Å². The first kappa shape index (κ1) is 20.5. The van der Waals surface area contributed by atoms with Gasteiger partial charge in [0.15, 0.2) is 0 Å². The number of rotatable bonds is 6. The number of pyridine rings is 1. The third-order valence-electron chi connectivity index (χ3n) is 6.57. The summed E-state index contributed by atoms with van der Waals surface area (Å²) in [4.78, 5) is 5.17. The molecule has 1 aliphatic carbocycles. The van der Waals surface area contributed by atoms with Gasteiger partial charge in [-0.25, -0.2) is 4.98 Å². The number of hydrogen-bond donors (Lipinski definition) is 1. The highest BCUT2D eigenvalue weighted by atomic mass is 16.5. The Bertz CT molecular complexity index is 1470. The number of nitrogens with zero attached hydrogens (tertiary/aromatic N) is 4. The minimum atomic E-state index is 0.600. The van der Waals surface area contributed by atoms with E-state index in [1.807, 2.05) is 23.0 Å². The summed E-state index contributed by atoms with van der Waals surface area (Å²) >= 11 is 0. The Hall–Kier alpha value is -4.13. The molecule has 3 aromatic heterocycles. The molecule has 5 aromatic rings. The molecule has 0 amide bonds. The van der Waals surface area contributed by atoms with Crippen molar-refractivity contribution in [3.63, 3.8) is 0 Å². The molecule has 0 fully saturated rings. The van der Waals surface area contributed by atoms with Crippen LogP contribution in [-0.4, -0.2) is 39.2 Å². The minimum absolute atomic E-state index is 0.600. The molecule has 170 valence electrons. The van der Waals surface area contributed by atoms with Crippen LogP contribution in [0, 0.1) is 0 Å². The molecule has 0 bridgehead atoms. The predicted octanol–water partition coefficient (Wildman–Crippen LogP) is 5.04. The second-order valence-electron chi connectivity index (χ2n) is 8.55. The van der Waals surface area contributed by atoms with E-state index in [0.717, 1.165) is 63.5 Å². The van der Waals surface area contributed by atoms with E-state index in [-0.39, 0.29) is 0 Å². The number of aromatic nitrogens is 5. The maximum atomic E-state index is 5.86. The van der Waals surface area contributed by atoms with Gasteiger partial charge in [-0.2, -0.15) is 10.2 Å². The summed E-state index contributed by atoms with van der Waals surface area (Å²) < 4.78 is 13.1. The van der Waals surface area contributed by atoms with Gasteiger partial charge in [-0.05, 0) is 48.1 Å². The van der Waals surface area contributed by atoms with Crippen LogP contribution < -0.4 is 9.47 Å². The number of H-pyrrole nitrogens is 1. The Balaban J connectivity index is 1.54. The molecule has 0 aliphatic heterocycles. The predicted molar refractivity (Wildman–Crippen MR) is 131 cm³/mol. The van der Waals surface area contributed by atoms with Gasteiger partial charge >= 0.3 is 0 Å². The molecule has 1 aliphatic rings. The van der Waals surface area contributed by atoms with E-state index in [1.54, 1.807) is 20.4 Å². The number of fused-ring (bicyclic) bond motifs is 2. The highest BCUT2D eigenvalue weighted by Gasteiger charge is 2.23. The lowest BCUT2D eigenvalue weighted by Crippen LogP contribution is -2.02. The third-order valence-corrected chi connectivity index (χ3v) is 6.57. The molecular weight excluding hydrogens is 426 g/mol. The lowest BCUT2D eigenvalue weighted by atomic mass is 9.99. The molecular formula is C27H25N5O2. The summed E-state index contributed by atoms with van der Waals surface area (Å²) in [5.41, 5.74) is 9.37. The number of methoxy groups -OCH3 is 2. The normalized spacial score (nSPS) is 12.8. The van der Waals surface area contributed by atoms with Crippen molar-refractivity contribution in [3.05, 3.63) is 77.6 Å². The largest absolute Gasteiger partial charge is 0.497 e. The summed E-state index contributed by atoms with van der Waals surface area (Å²) in [5, 5.41) is 12.0. The Morgan fingerprint density at radius 3 is 2.65 bits per heavy atom. The molecule has 0 unspecified atom stereocenters. The Morgan fingerprint density at radius 1 is 1.00 bits per heavy atom. The molecule has 0 saturated carbocycles. The maximum Gasteiger partial charge on any atom is 0.147 e. The molecule has 3 heterocycles. The van der Waals surface area contributed by atoms with Gasteiger partial charge in [-0.3, -0.25) is 9.78 Å². The third kappa shape index (κ3) is 3.41. The molecule has 0 saturated heterocycles. The lowest BCUT2D eigenvalue weighted by Gasteiger charge is -2.13. The van der Waals surface area contributed by atoms with Crippen molar-refractivity contribution in [3.8, 4) is 34.0 Å². The maximum absolute atomic E-state index is 5.86. The molecule has 1 N–H and O–H groups in total. The molecule has 6 rings (SSSR count). The van der Waals surface area contributed by atoms with Gasteiger partial charge in [0.1, 0.15) is 28.4 Å². The molecule has 7 nitrogen and oxygen atoms in total. The second kappa shape index (κ2) is 8.33. The average Bonchev–Trinajstić information content (AvgIpc) is 3.64. The molecule has 0 spiro atoms. The summed E-state index contributed by atoms with van der Waals surface area (Å²) in [5.74, 6) is 1.58. The lowest BCUT2D eigenvalue weighted by molar-refractivity contribution is 0.414. The number of benzene rings is 2. The van der Waals surface area contributed by atoms with Crippen LogP contribution in [0.25, 0.3) is 33.5 Å². The summed E-state index contributed by atoms with van der Waals surface area (Å²) in [7, 11) is 3.38. The standard InChI is InChI=1S/C27H25N5O2/c1-33-20-11-9-17(10-12-20)16-32-23-13-24(34-2)26(22-8-4-6-18-5-3-7-21(18)22)30-27(23)25(31-32)19-14-28-29-15-19/h4,6,8-15H,3,5,7,16H2,1-2H3,(H,28,29). The number of ether oxygens (including phenoxy) is 2. The van der Waals surface area contributed by atoms with E-state index in [1.165, 1.54) is 17.5 Å². The Kier molecular flexibility index (Phi) is 5.02. The first-order valence-corrected chi connectivity index (χ1v) is 11.4. The fraction of sp³-hybridized carbons (Fsp3) is 0.222. The second-order valence-corrected chi connectivity index (χ2v) is 8.55. The van der Waals surface area contributed by atoms with Crippen molar-refractivity contribution >= 4 is 11.0 Å². The zero-order valence-electron chi connectivity index (χ0n) is 19.2. The monoisotopic (exact) mass is 451 g/mol. The van der Waals surface area contributed by atoms with Crippen LogP contribution in [-0.2, 0) is 19.4 Å². The van der Waals surface area contributed by atoms with Crippen LogP contribution >= 0.6 is 0 Å². The molecule has 7 heteroatoms. The van der Waals surface area contributed by atoms with Crippen molar-refractivity contribution in [1.82, 2.24) is 25.0 Å². The number of aromatic amines is 1. The Morgan fingerprint density at radius 2 is 1.88 bits per heavy atom. The van der Waals surface area contributed by atoms with Crippen LogP contribution in [0.2, 0.25) is 0 Å². The van der Waals surface area contributed by atoms with Crippen molar-refractivity contribution in [2.75, 3.05) is 14.2 Å². The van der Waals surface area contributed by atoms with E-state index in [4.69, 9.17) is 19.6 Å². The van der Waals surface area contributed by atoms with Gasteiger partial charge in [0.2, 0.25) is 0 Å². The average molecular weight is 452 g/mol. The smallest absolute Gasteiger partial charge is 0.147 e. The van der Waals surface area contributed by atoms with Gasteiger partial charge in [0.25, 0.3) is 0 Å². The van der Waals surface area contributed by atoms with Gasteiger partial charge in [0, 0.05) is 23.4 Å². The first-order chi connectivity index (χ1) is 16.7. The molecule has 2 aromatic carbocycles. The van der Waals surface area contributed by atoms with Crippen LogP contribution in [0.5, 0.6) is 11.5 Å². The van der Waals surface area contributed by atoms with Crippen molar-refractivity contribution < 1.29 is 9.47 Å². The SMILES string of the molecule is COc1ccc(Cn2nc(-c3cn[nH]c3)c3nc(-c4cccc5c4CCC5)c(OC)cc32)cc1. The highest BCUT2D eigenvalue weighted by Crippen LogP contribution is 2.39. The number of nitrogens with one attached hydrogen (secondary N) is 1. The van der Waals surface area contributed by atoms with Crippen molar-refractivity contribution in [1.29, 1.82) is 0 Å². The highest BCUT2D eigenvalue weighted by molar-refractivity contribution is 5.93. The van der Waals surface area contributed by atoms with Crippen LogP contribution in [0.4, 0.5) is 0 Å². The quantitative estimate of drug-likeness (QED) is 0.391. The van der Waals surface area contributed by atoms with Crippen molar-refractivity contribution in [2.24, 2.45) is 0 Å². The van der Waals surface area contributed by atoms with Crippen molar-refractivity contribution in [2.45, 2.75) is 25.8 Å². The summed E-state index contributed by atoms with van der Waals surface area (Å²) in [6, 6.07) is 16.6. The van der Waals surface area contributed by atoms with Gasteiger partial charge in [-0.1, -0.05) is 30.3 Å². The fourth-order valence-corrected chi connectivity index (χ4v) is 4.87. The molecule has 0 radical (unpaired) electrons. The van der Waals surface area contributed by atoms with E-state index >= 15 is 0 Å². The first-order valence-electron chi connectivity index (χ1n) is 11.4. The van der Waals surface area contributed by atoms with Crippen LogP contribution in [0.1, 0.15) is 23.1 Å². The van der Waals surface area contributed by atoms with E-state index in [2.05, 4.69) is 46.6 Å². The zero-order chi connectivity index (χ0) is 23.1. The van der Waals surface area contributed by atoms with E-state index in [0.29, 0.717) is 6.54 Å². The minimum Gasteiger partial charge on any atom is -0.497 e. The van der Waals surface area contributed by atoms with Crippen LogP contribution in [0.15, 0.2) is 60.9 Å². The number of aryl methyl sites for hydroxylation is 1.